The molecule has 1 N–H and O–H groups in total. The number of nitrogens with zero attached hydrogens (tertiary/aromatic N) is 2. The number of hydrogen-bond acceptors (Lipinski definition) is 5. The molecule has 6 heteroatoms. The van der Waals surface area contributed by atoms with E-state index in [2.05, 4.69) is 49.8 Å². The highest BCUT2D eigenvalue weighted by Crippen LogP contribution is 2.32. The number of hydrogen-bond donors (Lipinski definition) is 1. The molecule has 1 unspecified atom stereocenters. The Hall–Kier alpha value is -0.980. The lowest BCUT2D eigenvalue weighted by atomic mass is 10.1. The molecule has 0 bridgehead atoms. The van der Waals surface area contributed by atoms with E-state index in [-0.39, 0.29) is 6.04 Å². The van der Waals surface area contributed by atoms with Crippen molar-refractivity contribution in [2.24, 2.45) is 0 Å². The molecule has 0 aliphatic rings. The largest absolute Gasteiger partial charge is 0.480 e. The first-order valence-electron chi connectivity index (χ1n) is 6.10. The second kappa shape index (κ2) is 6.98. The topological polar surface area (TPSA) is 47.0 Å². The lowest BCUT2D eigenvalue weighted by Gasteiger charge is -2.17. The van der Waals surface area contributed by atoms with Gasteiger partial charge >= 0.3 is 0 Å². The Labute approximate surface area is 125 Å². The van der Waals surface area contributed by atoms with E-state index in [4.69, 9.17) is 4.74 Å². The summed E-state index contributed by atoms with van der Waals surface area (Å²) < 4.78 is 6.14. The lowest BCUT2D eigenvalue weighted by Crippen LogP contribution is -2.23. The average molecular weight is 342 g/mol. The van der Waals surface area contributed by atoms with E-state index in [1.807, 2.05) is 12.1 Å². The number of ether oxygens (including phenoxy) is 1. The van der Waals surface area contributed by atoms with Crippen molar-refractivity contribution >= 4 is 27.3 Å². The van der Waals surface area contributed by atoms with Crippen LogP contribution in [0, 0.1) is 0 Å². The molecule has 0 saturated carbocycles. The maximum absolute atomic E-state index is 5.04. The molecule has 2 aromatic rings. The first-order valence-corrected chi connectivity index (χ1v) is 7.77. The summed E-state index contributed by atoms with van der Waals surface area (Å²) in [4.78, 5) is 1.22. The van der Waals surface area contributed by atoms with Crippen LogP contribution in [-0.4, -0.2) is 23.9 Å². The summed E-state index contributed by atoms with van der Waals surface area (Å²) in [5.74, 6) is 0.531. The van der Waals surface area contributed by atoms with Crippen LogP contribution >= 0.6 is 27.3 Å². The number of halogens is 1. The Balaban J connectivity index is 2.28. The minimum atomic E-state index is 0.0627. The third kappa shape index (κ3) is 3.52. The SMILES string of the molecule is CCCNC(c1ccc(OC)nn1)c1sccc1Br. The van der Waals surface area contributed by atoms with Crippen molar-refractivity contribution in [3.05, 3.63) is 38.6 Å². The standard InChI is InChI=1S/C13H16BrN3OS/c1-3-7-15-12(13-9(14)6-8-19-13)10-4-5-11(18-2)17-16-10/h4-6,8,12,15H,3,7H2,1-2H3. The van der Waals surface area contributed by atoms with E-state index in [9.17, 15) is 0 Å². The van der Waals surface area contributed by atoms with Crippen LogP contribution in [0.1, 0.15) is 30.0 Å². The van der Waals surface area contributed by atoms with Crippen LogP contribution in [0.3, 0.4) is 0 Å². The number of thiophene rings is 1. The van der Waals surface area contributed by atoms with Gasteiger partial charge in [0.15, 0.2) is 0 Å². The van der Waals surface area contributed by atoms with Gasteiger partial charge in [-0.05, 0) is 46.4 Å². The van der Waals surface area contributed by atoms with E-state index in [0.29, 0.717) is 5.88 Å². The molecule has 0 spiro atoms. The zero-order chi connectivity index (χ0) is 13.7. The van der Waals surface area contributed by atoms with Gasteiger partial charge in [0.25, 0.3) is 0 Å². The molecule has 2 heterocycles. The van der Waals surface area contributed by atoms with Crippen molar-refractivity contribution in [3.8, 4) is 5.88 Å². The van der Waals surface area contributed by atoms with Gasteiger partial charge in [0.05, 0.1) is 18.8 Å². The molecule has 2 aromatic heterocycles. The van der Waals surface area contributed by atoms with Gasteiger partial charge in [0, 0.05) is 15.4 Å². The highest BCUT2D eigenvalue weighted by atomic mass is 79.9. The van der Waals surface area contributed by atoms with Crippen molar-refractivity contribution in [2.75, 3.05) is 13.7 Å². The summed E-state index contributed by atoms with van der Waals surface area (Å²) in [5.41, 5.74) is 0.900. The molecule has 2 rings (SSSR count). The number of aromatic nitrogens is 2. The van der Waals surface area contributed by atoms with Gasteiger partial charge in [0.2, 0.25) is 5.88 Å². The van der Waals surface area contributed by atoms with Crippen LogP contribution < -0.4 is 10.1 Å². The monoisotopic (exact) mass is 341 g/mol. The van der Waals surface area contributed by atoms with Crippen molar-refractivity contribution in [3.63, 3.8) is 0 Å². The number of rotatable bonds is 6. The van der Waals surface area contributed by atoms with Crippen LogP contribution in [0.4, 0.5) is 0 Å². The molecule has 0 fully saturated rings. The fourth-order valence-corrected chi connectivity index (χ4v) is 3.41. The van der Waals surface area contributed by atoms with Gasteiger partial charge < -0.3 is 10.1 Å². The summed E-state index contributed by atoms with van der Waals surface area (Å²) in [6.07, 6.45) is 1.07. The zero-order valence-corrected chi connectivity index (χ0v) is 13.3. The van der Waals surface area contributed by atoms with Crippen molar-refractivity contribution < 1.29 is 4.74 Å². The van der Waals surface area contributed by atoms with Gasteiger partial charge in [0.1, 0.15) is 0 Å². The summed E-state index contributed by atoms with van der Waals surface area (Å²) in [6.45, 7) is 3.08. The first kappa shape index (κ1) is 14.4. The maximum Gasteiger partial charge on any atom is 0.233 e. The Morgan fingerprint density at radius 1 is 1.37 bits per heavy atom. The zero-order valence-electron chi connectivity index (χ0n) is 10.9. The molecule has 4 nitrogen and oxygen atoms in total. The van der Waals surface area contributed by atoms with Crippen LogP contribution in [0.15, 0.2) is 28.1 Å². The molecule has 19 heavy (non-hydrogen) atoms. The van der Waals surface area contributed by atoms with E-state index < -0.39 is 0 Å². The van der Waals surface area contributed by atoms with Crippen molar-refractivity contribution in [1.82, 2.24) is 15.5 Å². The average Bonchev–Trinajstić information content (AvgIpc) is 2.86. The fraction of sp³-hybridized carbons (Fsp3) is 0.385. The highest BCUT2D eigenvalue weighted by molar-refractivity contribution is 9.10. The normalized spacial score (nSPS) is 12.4. The quantitative estimate of drug-likeness (QED) is 0.874. The molecule has 1 atom stereocenters. The minimum absolute atomic E-state index is 0.0627. The van der Waals surface area contributed by atoms with Gasteiger partial charge in [-0.25, -0.2) is 0 Å². The van der Waals surface area contributed by atoms with Gasteiger partial charge in [-0.1, -0.05) is 6.92 Å². The molecule has 0 aromatic carbocycles. The second-order valence-corrected chi connectivity index (χ2v) is 5.82. The van der Waals surface area contributed by atoms with E-state index in [1.54, 1.807) is 18.4 Å². The Morgan fingerprint density at radius 2 is 2.21 bits per heavy atom. The van der Waals surface area contributed by atoms with Gasteiger partial charge in [-0.2, -0.15) is 0 Å². The maximum atomic E-state index is 5.04. The highest BCUT2D eigenvalue weighted by Gasteiger charge is 2.19. The molecular weight excluding hydrogens is 326 g/mol. The third-order valence-electron chi connectivity index (χ3n) is 2.67. The van der Waals surface area contributed by atoms with E-state index >= 15 is 0 Å². The summed E-state index contributed by atoms with van der Waals surface area (Å²) >= 11 is 5.29. The van der Waals surface area contributed by atoms with Crippen LogP contribution in [0.5, 0.6) is 5.88 Å². The Morgan fingerprint density at radius 3 is 2.74 bits per heavy atom. The molecular formula is C13H16BrN3OS. The van der Waals surface area contributed by atoms with Crippen molar-refractivity contribution in [2.45, 2.75) is 19.4 Å². The summed E-state index contributed by atoms with van der Waals surface area (Å²) in [6, 6.07) is 5.90. The van der Waals surface area contributed by atoms with Crippen LogP contribution in [-0.2, 0) is 0 Å². The molecule has 102 valence electrons. The van der Waals surface area contributed by atoms with Crippen molar-refractivity contribution in [1.29, 1.82) is 0 Å². The summed E-state index contributed by atoms with van der Waals surface area (Å²) in [5, 5.41) is 13.9. The third-order valence-corrected chi connectivity index (χ3v) is 4.61. The molecule has 0 saturated heterocycles. The smallest absolute Gasteiger partial charge is 0.233 e. The number of nitrogens with one attached hydrogen (secondary N) is 1. The molecule has 0 amide bonds. The Kier molecular flexibility index (Phi) is 5.30. The van der Waals surface area contributed by atoms with Gasteiger partial charge in [-0.15, -0.1) is 21.5 Å². The predicted molar refractivity (Wildman–Crippen MR) is 80.7 cm³/mol. The lowest BCUT2D eigenvalue weighted by molar-refractivity contribution is 0.390. The van der Waals surface area contributed by atoms with Crippen LogP contribution in [0.25, 0.3) is 0 Å². The molecule has 0 aliphatic heterocycles. The minimum Gasteiger partial charge on any atom is -0.480 e. The van der Waals surface area contributed by atoms with Gasteiger partial charge in [-0.3, -0.25) is 0 Å². The molecule has 0 aliphatic carbocycles. The van der Waals surface area contributed by atoms with E-state index in [1.165, 1.54) is 4.88 Å². The summed E-state index contributed by atoms with van der Waals surface area (Å²) in [7, 11) is 1.59. The predicted octanol–water partition coefficient (Wildman–Crippen LogP) is 3.40. The molecule has 0 radical (unpaired) electrons. The second-order valence-electron chi connectivity index (χ2n) is 4.02. The van der Waals surface area contributed by atoms with Crippen LogP contribution in [0.2, 0.25) is 0 Å². The first-order chi connectivity index (χ1) is 9.26. The fourth-order valence-electron chi connectivity index (χ4n) is 1.72. The van der Waals surface area contributed by atoms with E-state index in [0.717, 1.165) is 23.1 Å². The number of methoxy groups -OCH3 is 1. The Bertz CT molecular complexity index is 515.